The van der Waals surface area contributed by atoms with Gasteiger partial charge in [0.15, 0.2) is 17.3 Å². The molecule has 0 spiro atoms. The third kappa shape index (κ3) is 3.18. The van der Waals surface area contributed by atoms with Crippen molar-refractivity contribution in [2.75, 3.05) is 23.6 Å². The molecule has 2 aliphatic rings. The minimum atomic E-state index is -0.634. The molecule has 3 heterocycles. The van der Waals surface area contributed by atoms with E-state index in [2.05, 4.69) is 5.32 Å². The number of aryl methyl sites for hydroxylation is 1. The van der Waals surface area contributed by atoms with Gasteiger partial charge in [-0.15, -0.1) is 0 Å². The summed E-state index contributed by atoms with van der Waals surface area (Å²) in [5, 5.41) is 11.9. The van der Waals surface area contributed by atoms with Crippen molar-refractivity contribution in [3.63, 3.8) is 0 Å². The number of rotatable bonds is 4. The molecule has 1 aromatic heterocycles. The number of ether oxygens (including phenoxy) is 2. The molecule has 9 nitrogen and oxygen atoms in total. The van der Waals surface area contributed by atoms with Gasteiger partial charge in [0.05, 0.1) is 11.5 Å². The highest BCUT2D eigenvalue weighted by atomic mass is 16.7. The summed E-state index contributed by atoms with van der Waals surface area (Å²) in [5.74, 6) is -0.286. The molecule has 1 unspecified atom stereocenters. The molecule has 1 atom stereocenters. The van der Waals surface area contributed by atoms with Gasteiger partial charge in [-0.25, -0.2) is 0 Å². The number of Topliss-reactive ketones (excluding diaryl/α,β-unsaturated/α-hetero) is 1. The first-order valence-corrected chi connectivity index (χ1v) is 8.94. The topological polar surface area (TPSA) is 122 Å². The van der Waals surface area contributed by atoms with Crippen LogP contribution in [0.2, 0.25) is 0 Å². The van der Waals surface area contributed by atoms with E-state index >= 15 is 0 Å². The van der Waals surface area contributed by atoms with Gasteiger partial charge in [0.1, 0.15) is 17.4 Å². The number of nitrogens with zero attached hydrogens (tertiary/aromatic N) is 2. The summed E-state index contributed by atoms with van der Waals surface area (Å²) in [6.07, 6.45) is 0.0153. The maximum absolute atomic E-state index is 12.7. The lowest BCUT2D eigenvalue weighted by molar-refractivity contribution is -0.122. The second-order valence-electron chi connectivity index (χ2n) is 6.84. The monoisotopic (exact) mass is 395 g/mol. The third-order valence-corrected chi connectivity index (χ3v) is 4.95. The van der Waals surface area contributed by atoms with Crippen molar-refractivity contribution in [1.82, 2.24) is 0 Å². The number of hydrogen-bond donors (Lipinski definition) is 1. The predicted molar refractivity (Wildman–Crippen MR) is 99.8 cm³/mol. The fraction of sp³-hybridized carbons (Fsp3) is 0.300. The number of nitrogens with one attached hydrogen (secondary N) is 1. The second kappa shape index (κ2) is 6.98. The number of carbonyl (C=O) groups is 3. The number of amides is 2. The van der Waals surface area contributed by atoms with Crippen LogP contribution in [0.5, 0.6) is 11.5 Å². The van der Waals surface area contributed by atoms with Crippen molar-refractivity contribution in [2.45, 2.75) is 20.3 Å². The molecule has 29 heavy (non-hydrogen) atoms. The molecule has 0 bridgehead atoms. The molecule has 2 aliphatic heterocycles. The van der Waals surface area contributed by atoms with E-state index in [1.807, 2.05) is 6.07 Å². The summed E-state index contributed by atoms with van der Waals surface area (Å²) in [6, 6.07) is 7.04. The Bertz CT molecular complexity index is 1080. The smallest absolute Gasteiger partial charge is 0.232 e. The van der Waals surface area contributed by atoms with Gasteiger partial charge in [-0.05, 0) is 26.0 Å². The molecular formula is C20H17N3O6. The fourth-order valence-electron chi connectivity index (χ4n) is 3.56. The largest absolute Gasteiger partial charge is 0.454 e. The first-order chi connectivity index (χ1) is 13.9. The zero-order valence-corrected chi connectivity index (χ0v) is 15.8. The van der Waals surface area contributed by atoms with Crippen molar-refractivity contribution in [3.8, 4) is 17.6 Å². The lowest BCUT2D eigenvalue weighted by Crippen LogP contribution is -2.28. The molecule has 2 aromatic rings. The van der Waals surface area contributed by atoms with Crippen molar-refractivity contribution < 1.29 is 28.3 Å². The first-order valence-electron chi connectivity index (χ1n) is 8.94. The van der Waals surface area contributed by atoms with E-state index in [9.17, 15) is 19.6 Å². The molecule has 9 heteroatoms. The summed E-state index contributed by atoms with van der Waals surface area (Å²) in [6.45, 7) is 3.17. The van der Waals surface area contributed by atoms with E-state index in [0.29, 0.717) is 17.2 Å². The Hall–Kier alpha value is -3.80. The van der Waals surface area contributed by atoms with E-state index in [1.54, 1.807) is 25.1 Å². The second-order valence-corrected chi connectivity index (χ2v) is 6.84. The van der Waals surface area contributed by atoms with Crippen LogP contribution in [0.3, 0.4) is 0 Å². The van der Waals surface area contributed by atoms with Crippen molar-refractivity contribution in [1.29, 1.82) is 5.26 Å². The highest BCUT2D eigenvalue weighted by Crippen LogP contribution is 2.37. The summed E-state index contributed by atoms with van der Waals surface area (Å²) < 4.78 is 16.0. The fourth-order valence-corrected chi connectivity index (χ4v) is 3.56. The quantitative estimate of drug-likeness (QED) is 0.789. The van der Waals surface area contributed by atoms with Crippen LogP contribution < -0.4 is 19.7 Å². The average molecular weight is 395 g/mol. The Morgan fingerprint density at radius 2 is 2.03 bits per heavy atom. The number of benzene rings is 1. The van der Waals surface area contributed by atoms with Crippen molar-refractivity contribution >= 4 is 29.2 Å². The van der Waals surface area contributed by atoms with Gasteiger partial charge in [0.2, 0.25) is 24.5 Å². The predicted octanol–water partition coefficient (Wildman–Crippen LogP) is 2.38. The van der Waals surface area contributed by atoms with Crippen LogP contribution in [-0.2, 0) is 9.59 Å². The minimum Gasteiger partial charge on any atom is -0.454 e. The zero-order chi connectivity index (χ0) is 20.7. The summed E-state index contributed by atoms with van der Waals surface area (Å²) >= 11 is 0. The van der Waals surface area contributed by atoms with Gasteiger partial charge in [-0.3, -0.25) is 19.7 Å². The lowest BCUT2D eigenvalue weighted by Gasteiger charge is -2.17. The van der Waals surface area contributed by atoms with E-state index in [4.69, 9.17) is 13.9 Å². The summed E-state index contributed by atoms with van der Waals surface area (Å²) in [5.41, 5.74) is 0.743. The summed E-state index contributed by atoms with van der Waals surface area (Å²) in [7, 11) is 0. The average Bonchev–Trinajstić information content (AvgIpc) is 3.37. The van der Waals surface area contributed by atoms with Gasteiger partial charge >= 0.3 is 0 Å². The number of hydrogen-bond acceptors (Lipinski definition) is 7. The van der Waals surface area contributed by atoms with Gasteiger partial charge in [0, 0.05) is 24.7 Å². The van der Waals surface area contributed by atoms with Gasteiger partial charge in [0.25, 0.3) is 0 Å². The third-order valence-electron chi connectivity index (χ3n) is 4.95. The number of nitriles is 1. The van der Waals surface area contributed by atoms with E-state index in [0.717, 1.165) is 0 Å². The van der Waals surface area contributed by atoms with Crippen LogP contribution in [0.4, 0.5) is 11.6 Å². The van der Waals surface area contributed by atoms with Gasteiger partial charge in [-0.2, -0.15) is 5.26 Å². The Morgan fingerprint density at radius 3 is 2.76 bits per heavy atom. The molecule has 148 valence electrons. The highest BCUT2D eigenvalue weighted by molar-refractivity contribution is 6.05. The molecule has 0 aliphatic carbocycles. The normalized spacial score (nSPS) is 17.3. The highest BCUT2D eigenvalue weighted by Gasteiger charge is 2.36. The molecule has 2 amide bonds. The van der Waals surface area contributed by atoms with Crippen LogP contribution >= 0.6 is 0 Å². The Balaban J connectivity index is 1.51. The van der Waals surface area contributed by atoms with Gasteiger partial charge < -0.3 is 18.8 Å². The van der Waals surface area contributed by atoms with Crippen LogP contribution in [0.25, 0.3) is 0 Å². The Morgan fingerprint density at radius 1 is 1.28 bits per heavy atom. The first kappa shape index (κ1) is 18.6. The van der Waals surface area contributed by atoms with Crippen molar-refractivity contribution in [3.05, 3.63) is 35.1 Å². The molecule has 4 rings (SSSR count). The van der Waals surface area contributed by atoms with Crippen LogP contribution in [0, 0.1) is 24.2 Å². The molecule has 0 radical (unpaired) electrons. The Labute approximate surface area is 165 Å². The maximum Gasteiger partial charge on any atom is 0.232 e. The number of ketones is 1. The molecule has 0 saturated carbocycles. The standard InChI is InChI=1S/C20H17N3O6/c1-10(24)18-11(2)29-20(14(18)7-21)22-19(26)12-5-17(25)23(8-12)13-3-4-15-16(6-13)28-9-27-15/h3-4,6,12H,5,8-9H2,1-2H3,(H,22,26). The SMILES string of the molecule is CC(=O)c1c(C)oc(NC(=O)C2CC(=O)N(c3ccc4c(c3)OCO4)C2)c1C#N. The number of anilines is 2. The number of furan rings is 1. The molecule has 1 fully saturated rings. The van der Waals surface area contributed by atoms with Crippen molar-refractivity contribution in [2.24, 2.45) is 5.92 Å². The molecule has 1 saturated heterocycles. The summed E-state index contributed by atoms with van der Waals surface area (Å²) in [4.78, 5) is 38.4. The zero-order valence-electron chi connectivity index (χ0n) is 15.8. The lowest BCUT2D eigenvalue weighted by atomic mass is 10.1. The van der Waals surface area contributed by atoms with Crippen LogP contribution in [0.1, 0.15) is 35.0 Å². The Kier molecular flexibility index (Phi) is 4.47. The van der Waals surface area contributed by atoms with E-state index < -0.39 is 11.8 Å². The number of carbonyl (C=O) groups excluding carboxylic acids is 3. The van der Waals surface area contributed by atoms with Crippen LogP contribution in [0.15, 0.2) is 22.6 Å². The van der Waals surface area contributed by atoms with Gasteiger partial charge in [-0.1, -0.05) is 0 Å². The molecular weight excluding hydrogens is 378 g/mol. The number of fused-ring (bicyclic) bond motifs is 1. The van der Waals surface area contributed by atoms with E-state index in [1.165, 1.54) is 11.8 Å². The minimum absolute atomic E-state index is 0.0136. The van der Waals surface area contributed by atoms with Crippen LogP contribution in [-0.4, -0.2) is 30.9 Å². The maximum atomic E-state index is 12.7. The molecule has 1 aromatic carbocycles. The van der Waals surface area contributed by atoms with E-state index in [-0.39, 0.29) is 54.2 Å². The molecule has 1 N–H and O–H groups in total.